The zero-order valence-corrected chi connectivity index (χ0v) is 9.41. The maximum Gasteiger partial charge on any atom is 0.309 e. The van der Waals surface area contributed by atoms with Crippen molar-refractivity contribution in [3.8, 4) is 0 Å². The molecule has 0 bridgehead atoms. The number of aliphatic carboxylic acids is 1. The van der Waals surface area contributed by atoms with Gasteiger partial charge in [0, 0.05) is 0 Å². The molecule has 0 aromatic heterocycles. The molecule has 1 unspecified atom stereocenters. The first kappa shape index (κ1) is 12.0. The highest BCUT2D eigenvalue weighted by Crippen LogP contribution is 2.33. The van der Waals surface area contributed by atoms with Gasteiger partial charge < -0.3 is 5.11 Å². The molecule has 0 saturated carbocycles. The van der Waals surface area contributed by atoms with Crippen LogP contribution in [0.15, 0.2) is 24.3 Å². The number of hydrogen-bond acceptors (Lipinski definition) is 1. The number of rotatable bonds is 2. The fourth-order valence-corrected chi connectivity index (χ4v) is 1.98. The van der Waals surface area contributed by atoms with Crippen LogP contribution in [0.4, 0.5) is 0 Å². The Hall–Kier alpha value is -1.05. The molecule has 2 nitrogen and oxygen atoms in total. The maximum atomic E-state index is 11.3. The lowest BCUT2D eigenvalue weighted by molar-refractivity contribution is -0.149. The second-order valence-electron chi connectivity index (χ2n) is 4.20. The van der Waals surface area contributed by atoms with E-state index in [-0.39, 0.29) is 0 Å². The van der Waals surface area contributed by atoms with Crippen molar-refractivity contribution >= 4 is 5.97 Å². The summed E-state index contributed by atoms with van der Waals surface area (Å²) in [6.07, 6.45) is 13.5. The molecule has 0 amide bonds. The van der Waals surface area contributed by atoms with Crippen molar-refractivity contribution < 1.29 is 9.90 Å². The molecule has 0 aromatic carbocycles. The predicted molar refractivity (Wildman–Crippen MR) is 61.7 cm³/mol. The van der Waals surface area contributed by atoms with Crippen LogP contribution >= 0.6 is 0 Å². The molecule has 0 heterocycles. The minimum absolute atomic E-state index is 0.543. The van der Waals surface area contributed by atoms with Crippen molar-refractivity contribution in [1.29, 1.82) is 0 Å². The summed E-state index contributed by atoms with van der Waals surface area (Å²) in [4.78, 5) is 11.3. The minimum Gasteiger partial charge on any atom is -0.481 e. The first-order chi connectivity index (χ1) is 7.21. The maximum absolute atomic E-state index is 11.3. The summed E-state index contributed by atoms with van der Waals surface area (Å²) in [7, 11) is 0. The van der Waals surface area contributed by atoms with E-state index in [4.69, 9.17) is 0 Å². The van der Waals surface area contributed by atoms with Gasteiger partial charge in [-0.3, -0.25) is 4.79 Å². The first-order valence-electron chi connectivity index (χ1n) is 5.75. The third kappa shape index (κ3) is 3.22. The van der Waals surface area contributed by atoms with Crippen LogP contribution < -0.4 is 0 Å². The van der Waals surface area contributed by atoms with Crippen LogP contribution in [-0.2, 0) is 4.79 Å². The Morgan fingerprint density at radius 2 is 1.80 bits per heavy atom. The zero-order valence-electron chi connectivity index (χ0n) is 9.41. The Morgan fingerprint density at radius 3 is 2.40 bits per heavy atom. The average Bonchev–Trinajstić information content (AvgIpc) is 2.25. The Labute approximate surface area is 91.7 Å². The van der Waals surface area contributed by atoms with Gasteiger partial charge in [-0.1, -0.05) is 31.2 Å². The van der Waals surface area contributed by atoms with E-state index in [9.17, 15) is 9.90 Å². The molecule has 0 spiro atoms. The van der Waals surface area contributed by atoms with Crippen molar-refractivity contribution in [2.75, 3.05) is 0 Å². The van der Waals surface area contributed by atoms with E-state index in [0.29, 0.717) is 12.8 Å². The number of carboxylic acid groups (broad SMARTS) is 1. The van der Waals surface area contributed by atoms with Crippen LogP contribution in [0.1, 0.15) is 45.4 Å². The van der Waals surface area contributed by atoms with Crippen LogP contribution in [0.2, 0.25) is 0 Å². The van der Waals surface area contributed by atoms with E-state index in [0.717, 1.165) is 25.7 Å². The largest absolute Gasteiger partial charge is 0.481 e. The number of carbonyl (C=O) groups is 1. The van der Waals surface area contributed by atoms with Gasteiger partial charge in [0.15, 0.2) is 0 Å². The Kier molecular flexibility index (Phi) is 4.60. The highest BCUT2D eigenvalue weighted by molar-refractivity contribution is 5.74. The molecule has 15 heavy (non-hydrogen) atoms. The van der Waals surface area contributed by atoms with Crippen molar-refractivity contribution in [2.24, 2.45) is 5.41 Å². The van der Waals surface area contributed by atoms with Gasteiger partial charge in [-0.2, -0.15) is 0 Å². The second kappa shape index (κ2) is 5.74. The highest BCUT2D eigenvalue weighted by Gasteiger charge is 2.34. The van der Waals surface area contributed by atoms with Crippen LogP contribution in [0.3, 0.4) is 0 Å². The topological polar surface area (TPSA) is 37.3 Å². The normalized spacial score (nSPS) is 31.8. The molecular weight excluding hydrogens is 188 g/mol. The van der Waals surface area contributed by atoms with Gasteiger partial charge in [0.2, 0.25) is 0 Å². The molecule has 2 heteroatoms. The Morgan fingerprint density at radius 1 is 1.20 bits per heavy atom. The quantitative estimate of drug-likeness (QED) is 0.705. The van der Waals surface area contributed by atoms with Gasteiger partial charge in [0.1, 0.15) is 0 Å². The van der Waals surface area contributed by atoms with Crippen LogP contribution in [0, 0.1) is 5.41 Å². The van der Waals surface area contributed by atoms with Crippen molar-refractivity contribution in [3.63, 3.8) is 0 Å². The van der Waals surface area contributed by atoms with E-state index in [1.54, 1.807) is 0 Å². The number of hydrogen-bond donors (Lipinski definition) is 1. The van der Waals surface area contributed by atoms with Crippen LogP contribution in [-0.4, -0.2) is 11.1 Å². The molecule has 1 N–H and O–H groups in total. The van der Waals surface area contributed by atoms with E-state index >= 15 is 0 Å². The summed E-state index contributed by atoms with van der Waals surface area (Å²) in [5.74, 6) is -0.649. The molecule has 0 saturated heterocycles. The van der Waals surface area contributed by atoms with Crippen molar-refractivity contribution in [2.45, 2.75) is 45.4 Å². The number of allylic oxidation sites excluding steroid dienone is 4. The monoisotopic (exact) mass is 208 g/mol. The molecule has 1 rings (SSSR count). The molecule has 84 valence electrons. The summed E-state index contributed by atoms with van der Waals surface area (Å²) in [5, 5.41) is 9.31. The van der Waals surface area contributed by atoms with E-state index < -0.39 is 11.4 Å². The fourth-order valence-electron chi connectivity index (χ4n) is 1.98. The Bertz CT molecular complexity index is 266. The molecule has 0 radical (unpaired) electrons. The second-order valence-corrected chi connectivity index (χ2v) is 4.20. The summed E-state index contributed by atoms with van der Waals surface area (Å²) in [5.41, 5.74) is -0.543. The lowest BCUT2D eigenvalue weighted by atomic mass is 9.77. The minimum atomic E-state index is -0.649. The molecule has 1 aliphatic carbocycles. The summed E-state index contributed by atoms with van der Waals surface area (Å²) in [6, 6.07) is 0. The molecule has 0 aromatic rings. The zero-order chi connectivity index (χ0) is 11.1. The van der Waals surface area contributed by atoms with E-state index in [2.05, 4.69) is 18.2 Å². The molecule has 1 atom stereocenters. The first-order valence-corrected chi connectivity index (χ1v) is 5.75. The van der Waals surface area contributed by atoms with Crippen molar-refractivity contribution in [1.82, 2.24) is 0 Å². The summed E-state index contributed by atoms with van der Waals surface area (Å²) in [6.45, 7) is 1.97. The molecule has 0 aliphatic heterocycles. The van der Waals surface area contributed by atoms with Gasteiger partial charge in [-0.15, -0.1) is 0 Å². The standard InChI is InChI=1S/C13H20O2/c1-2-13(12(14)15)10-8-6-4-3-5-7-9-11-13/h4,6-7,9H,2-3,5,8,10-11H2,1H3,(H,14,15)/b6-4-,9-7-. The third-order valence-corrected chi connectivity index (χ3v) is 3.26. The predicted octanol–water partition coefficient (Wildman–Crippen LogP) is 3.54. The van der Waals surface area contributed by atoms with Gasteiger partial charge in [-0.25, -0.2) is 0 Å². The molecule has 0 fully saturated rings. The average molecular weight is 208 g/mol. The molecule has 1 aliphatic rings. The van der Waals surface area contributed by atoms with Crippen LogP contribution in [0.25, 0.3) is 0 Å². The number of carboxylic acids is 1. The van der Waals surface area contributed by atoms with Crippen LogP contribution in [0.5, 0.6) is 0 Å². The summed E-state index contributed by atoms with van der Waals surface area (Å²) < 4.78 is 0. The Balaban J connectivity index is 2.78. The van der Waals surface area contributed by atoms with E-state index in [1.165, 1.54) is 0 Å². The highest BCUT2D eigenvalue weighted by atomic mass is 16.4. The van der Waals surface area contributed by atoms with Gasteiger partial charge in [0.25, 0.3) is 0 Å². The van der Waals surface area contributed by atoms with Gasteiger partial charge in [0.05, 0.1) is 5.41 Å². The van der Waals surface area contributed by atoms with Gasteiger partial charge >= 0.3 is 5.97 Å². The molecular formula is C13H20O2. The lowest BCUT2D eigenvalue weighted by Gasteiger charge is -2.26. The SMILES string of the molecule is CCC1(C(=O)O)C/C=C\CC/C=C\CC1. The van der Waals surface area contributed by atoms with Gasteiger partial charge in [-0.05, 0) is 38.5 Å². The third-order valence-electron chi connectivity index (χ3n) is 3.26. The van der Waals surface area contributed by atoms with Crippen molar-refractivity contribution in [3.05, 3.63) is 24.3 Å². The van der Waals surface area contributed by atoms with E-state index in [1.807, 2.05) is 13.0 Å². The fraction of sp³-hybridized carbons (Fsp3) is 0.615. The smallest absolute Gasteiger partial charge is 0.309 e. The summed E-state index contributed by atoms with van der Waals surface area (Å²) >= 11 is 0. The lowest BCUT2D eigenvalue weighted by Crippen LogP contribution is -2.29.